The Labute approximate surface area is 237 Å². The Kier molecular flexibility index (Phi) is 9.71. The molecule has 0 aromatic heterocycles. The van der Waals surface area contributed by atoms with Gasteiger partial charge in [0.05, 0.1) is 26.5 Å². The van der Waals surface area contributed by atoms with Crippen molar-refractivity contribution in [3.8, 4) is 0 Å². The van der Waals surface area contributed by atoms with Crippen LogP contribution in [0.3, 0.4) is 0 Å². The van der Waals surface area contributed by atoms with Crippen LogP contribution in [0.1, 0.15) is 40.2 Å². The number of likely N-dealkylation sites (tertiary alicyclic amines) is 1. The average molecular weight is 667 g/mol. The molecular formula is C24H18BrCl3F6N2O2. The van der Waals surface area contributed by atoms with Crippen LogP contribution in [0.2, 0.25) is 15.1 Å². The van der Waals surface area contributed by atoms with E-state index in [1.165, 1.54) is 24.3 Å². The molecule has 1 saturated heterocycles. The molecule has 3 rings (SSSR count). The van der Waals surface area contributed by atoms with Crippen molar-refractivity contribution in [1.82, 2.24) is 10.2 Å². The van der Waals surface area contributed by atoms with E-state index < -0.39 is 36.1 Å². The van der Waals surface area contributed by atoms with Gasteiger partial charge in [0.2, 0.25) is 0 Å². The molecule has 0 saturated carbocycles. The van der Waals surface area contributed by atoms with Crippen LogP contribution in [-0.4, -0.2) is 48.2 Å². The zero-order chi connectivity index (χ0) is 28.4. The summed E-state index contributed by atoms with van der Waals surface area (Å²) in [4.78, 5) is 24.7. The number of nitrogens with one attached hydrogen (secondary N) is 1. The van der Waals surface area contributed by atoms with Gasteiger partial charge in [0.25, 0.3) is 5.91 Å². The smallest absolute Gasteiger partial charge is 0.349 e. The molecule has 2 aromatic rings. The van der Waals surface area contributed by atoms with E-state index in [0.717, 1.165) is 18.2 Å². The van der Waals surface area contributed by atoms with Crippen LogP contribution < -0.4 is 5.32 Å². The Bertz CT molecular complexity index is 1220. The van der Waals surface area contributed by atoms with Gasteiger partial charge in [-0.25, -0.2) is 0 Å². The predicted octanol–water partition coefficient (Wildman–Crippen LogP) is 8.05. The molecule has 0 spiro atoms. The molecule has 1 atom stereocenters. The molecule has 0 bridgehead atoms. The van der Waals surface area contributed by atoms with Crippen molar-refractivity contribution in [1.29, 1.82) is 0 Å². The second kappa shape index (κ2) is 12.1. The molecule has 0 radical (unpaired) electrons. The van der Waals surface area contributed by atoms with E-state index >= 15 is 0 Å². The molecular weight excluding hydrogens is 649 g/mol. The Balaban J connectivity index is 1.69. The van der Waals surface area contributed by atoms with Gasteiger partial charge < -0.3 is 10.2 Å². The van der Waals surface area contributed by atoms with Crippen LogP contribution in [0, 0.1) is 0 Å². The largest absolute Gasteiger partial charge is 0.471 e. The van der Waals surface area contributed by atoms with Gasteiger partial charge in [-0.1, -0.05) is 53.0 Å². The summed E-state index contributed by atoms with van der Waals surface area (Å²) in [5.41, 5.74) is 0.332. The van der Waals surface area contributed by atoms with Gasteiger partial charge >= 0.3 is 18.3 Å². The van der Waals surface area contributed by atoms with Crippen molar-refractivity contribution in [3.63, 3.8) is 0 Å². The first-order chi connectivity index (χ1) is 17.6. The van der Waals surface area contributed by atoms with E-state index in [1.807, 2.05) is 0 Å². The van der Waals surface area contributed by atoms with Crippen molar-refractivity contribution >= 4 is 68.6 Å². The lowest BCUT2D eigenvalue weighted by Crippen LogP contribution is -2.50. The number of amides is 2. The maximum absolute atomic E-state index is 13.8. The van der Waals surface area contributed by atoms with Gasteiger partial charge in [-0.3, -0.25) is 9.59 Å². The maximum atomic E-state index is 13.8. The lowest BCUT2D eigenvalue weighted by Gasteiger charge is -2.32. The Morgan fingerprint density at radius 1 is 1.00 bits per heavy atom. The lowest BCUT2D eigenvalue weighted by molar-refractivity contribution is -0.186. The summed E-state index contributed by atoms with van der Waals surface area (Å²) in [6, 6.07) is 6.02. The molecule has 1 fully saturated rings. The molecule has 4 nitrogen and oxygen atoms in total. The number of benzene rings is 2. The number of rotatable bonds is 5. The first kappa shape index (κ1) is 30.6. The number of halogens is 10. The third-order valence-electron chi connectivity index (χ3n) is 5.80. The van der Waals surface area contributed by atoms with E-state index in [4.69, 9.17) is 34.8 Å². The number of allylic oxidation sites excluding steroid dienone is 1. The molecule has 206 valence electrons. The van der Waals surface area contributed by atoms with Gasteiger partial charge in [-0.15, -0.1) is 0 Å². The molecule has 38 heavy (non-hydrogen) atoms. The summed E-state index contributed by atoms with van der Waals surface area (Å²) in [6.07, 6.45) is -7.17. The molecule has 1 N–H and O–H groups in total. The predicted molar refractivity (Wildman–Crippen MR) is 137 cm³/mol. The summed E-state index contributed by atoms with van der Waals surface area (Å²) < 4.78 is 79.3. The quantitative estimate of drug-likeness (QED) is 0.260. The number of carbonyl (C=O) groups excluding carboxylic acids is 2. The maximum Gasteiger partial charge on any atom is 0.471 e. The zero-order valence-corrected chi connectivity index (χ0v) is 22.9. The molecule has 1 unspecified atom stereocenters. The number of hydrogen-bond acceptors (Lipinski definition) is 2. The highest BCUT2D eigenvalue weighted by molar-refractivity contribution is 9.10. The first-order valence-corrected chi connectivity index (χ1v) is 12.9. The van der Waals surface area contributed by atoms with Gasteiger partial charge in [-0.05, 0) is 64.2 Å². The molecule has 14 heteroatoms. The zero-order valence-electron chi connectivity index (χ0n) is 19.1. The van der Waals surface area contributed by atoms with Crippen LogP contribution in [0.5, 0.6) is 0 Å². The summed E-state index contributed by atoms with van der Waals surface area (Å²) in [5.74, 6) is -4.47. The Morgan fingerprint density at radius 2 is 1.58 bits per heavy atom. The second-order valence-corrected chi connectivity index (χ2v) is 10.5. The standard InChI is InChI=1S/C24H18BrCl3F6N2O2/c25-17-9-12(2-4-16(23(29,30)31)13-10-18(26)20(28)19(27)11-13)1-3-15(17)21(37)35-14-5-7-36(8-6-14)22(38)24(32,33)34/h1-4,9-11,14,16H,5-8H2,(H,35,37)/b4-2+. The minimum atomic E-state index is -4.95. The molecule has 2 amide bonds. The molecule has 0 aliphatic carbocycles. The first-order valence-electron chi connectivity index (χ1n) is 10.9. The van der Waals surface area contributed by atoms with E-state index in [0.29, 0.717) is 14.9 Å². The number of alkyl halides is 6. The number of piperidine rings is 1. The SMILES string of the molecule is O=C(NC1CCN(C(=O)C(F)(F)F)CC1)c1ccc(/C=C/C(c2cc(Cl)c(Cl)c(Cl)c2)C(F)(F)F)cc1Br. The molecule has 2 aromatic carbocycles. The lowest BCUT2D eigenvalue weighted by atomic mass is 9.97. The van der Waals surface area contributed by atoms with Crippen molar-refractivity contribution in [2.24, 2.45) is 0 Å². The Morgan fingerprint density at radius 3 is 2.08 bits per heavy atom. The highest BCUT2D eigenvalue weighted by atomic mass is 79.9. The monoisotopic (exact) mass is 664 g/mol. The van der Waals surface area contributed by atoms with Crippen molar-refractivity contribution in [2.75, 3.05) is 13.1 Å². The van der Waals surface area contributed by atoms with Crippen molar-refractivity contribution in [2.45, 2.75) is 37.2 Å². The number of hydrogen-bond donors (Lipinski definition) is 1. The van der Waals surface area contributed by atoms with E-state index in [-0.39, 0.29) is 52.1 Å². The fourth-order valence-corrected chi connectivity index (χ4v) is 5.05. The summed E-state index contributed by atoms with van der Waals surface area (Å²) in [6.45, 7) is -0.308. The van der Waals surface area contributed by atoms with Gasteiger partial charge in [0, 0.05) is 23.6 Å². The van der Waals surface area contributed by atoms with E-state index in [2.05, 4.69) is 21.2 Å². The fourth-order valence-electron chi connectivity index (χ4n) is 3.86. The van der Waals surface area contributed by atoms with Crippen LogP contribution >= 0.6 is 50.7 Å². The highest BCUT2D eigenvalue weighted by Gasteiger charge is 2.43. The Hall–Kier alpha value is -1.95. The second-order valence-electron chi connectivity index (χ2n) is 8.45. The van der Waals surface area contributed by atoms with Crippen molar-refractivity contribution < 1.29 is 35.9 Å². The number of nitrogens with zero attached hydrogens (tertiary/aromatic N) is 1. The van der Waals surface area contributed by atoms with Crippen LogP contribution in [-0.2, 0) is 4.79 Å². The van der Waals surface area contributed by atoms with Crippen LogP contribution in [0.25, 0.3) is 6.08 Å². The molecule has 1 heterocycles. The molecule has 1 aliphatic heterocycles. The van der Waals surface area contributed by atoms with E-state index in [1.54, 1.807) is 0 Å². The number of carbonyl (C=O) groups is 2. The topological polar surface area (TPSA) is 49.4 Å². The van der Waals surface area contributed by atoms with Gasteiger partial charge in [0.15, 0.2) is 0 Å². The molecule has 1 aliphatic rings. The highest BCUT2D eigenvalue weighted by Crippen LogP contribution is 2.41. The van der Waals surface area contributed by atoms with Crippen LogP contribution in [0.15, 0.2) is 40.9 Å². The minimum Gasteiger partial charge on any atom is -0.349 e. The van der Waals surface area contributed by atoms with Crippen LogP contribution in [0.4, 0.5) is 26.3 Å². The summed E-state index contributed by atoms with van der Waals surface area (Å²) in [5, 5.41) is 2.42. The van der Waals surface area contributed by atoms with Gasteiger partial charge in [0.1, 0.15) is 0 Å². The summed E-state index contributed by atoms with van der Waals surface area (Å²) >= 11 is 20.9. The minimum absolute atomic E-state index is 0.0554. The normalized spacial score (nSPS) is 16.1. The fraction of sp³-hybridized carbons (Fsp3) is 0.333. The third-order valence-corrected chi connectivity index (χ3v) is 7.65. The summed E-state index contributed by atoms with van der Waals surface area (Å²) in [7, 11) is 0. The third kappa shape index (κ3) is 7.58. The van der Waals surface area contributed by atoms with Gasteiger partial charge in [-0.2, -0.15) is 26.3 Å². The van der Waals surface area contributed by atoms with E-state index in [9.17, 15) is 35.9 Å². The average Bonchev–Trinajstić information content (AvgIpc) is 2.81. The van der Waals surface area contributed by atoms with Crippen molar-refractivity contribution in [3.05, 3.63) is 72.6 Å².